The normalized spacial score (nSPS) is 23.6. The average Bonchev–Trinajstić information content (AvgIpc) is 3.43. The van der Waals surface area contributed by atoms with Crippen LogP contribution in [0.4, 0.5) is 5.69 Å². The monoisotopic (exact) mass is 529 g/mol. The Hall–Kier alpha value is -3.32. The molecule has 0 radical (unpaired) electrons. The number of likely N-dealkylation sites (tertiary alicyclic amines) is 1. The second-order valence-corrected chi connectivity index (χ2v) is 12.5. The number of anilines is 1. The van der Waals surface area contributed by atoms with Crippen LogP contribution in [0.3, 0.4) is 0 Å². The molecule has 0 spiro atoms. The van der Waals surface area contributed by atoms with Crippen molar-refractivity contribution in [2.45, 2.75) is 69.0 Å². The molecule has 3 atom stereocenters. The van der Waals surface area contributed by atoms with Crippen LogP contribution in [0.5, 0.6) is 0 Å². The highest BCUT2D eigenvalue weighted by molar-refractivity contribution is 7.90. The van der Waals surface area contributed by atoms with Gasteiger partial charge in [-0.2, -0.15) is 8.42 Å². The van der Waals surface area contributed by atoms with E-state index in [1.807, 2.05) is 20.8 Å². The highest BCUT2D eigenvalue weighted by Gasteiger charge is 2.45. The van der Waals surface area contributed by atoms with E-state index in [1.54, 1.807) is 29.1 Å². The molecule has 13 heteroatoms. The Labute approximate surface area is 215 Å². The smallest absolute Gasteiger partial charge is 0.286 e. The third kappa shape index (κ3) is 5.10. The molecule has 1 aliphatic carbocycles. The number of amides is 2. The van der Waals surface area contributed by atoms with Crippen molar-refractivity contribution >= 4 is 33.4 Å². The zero-order valence-electron chi connectivity index (χ0n) is 21.0. The zero-order chi connectivity index (χ0) is 26.5. The number of hydrogen-bond donors (Lipinski definition) is 3. The van der Waals surface area contributed by atoms with Crippen molar-refractivity contribution in [3.63, 3.8) is 0 Å². The van der Waals surface area contributed by atoms with Crippen LogP contribution in [0.1, 0.15) is 57.7 Å². The molecule has 2 fully saturated rings. The summed E-state index contributed by atoms with van der Waals surface area (Å²) in [5.74, 6) is -0.397. The minimum Gasteiger partial charge on any atom is -0.391 e. The predicted molar refractivity (Wildman–Crippen MR) is 134 cm³/mol. The number of hydrogen-bond acceptors (Lipinski definition) is 8. The van der Waals surface area contributed by atoms with Crippen molar-refractivity contribution in [2.75, 3.05) is 18.4 Å². The topological polar surface area (TPSA) is 159 Å². The summed E-state index contributed by atoms with van der Waals surface area (Å²) < 4.78 is 30.3. The molecule has 2 amide bonds. The number of nitrogens with zero attached hydrogens (tertiary/aromatic N) is 5. The van der Waals surface area contributed by atoms with Crippen LogP contribution < -0.4 is 10.6 Å². The van der Waals surface area contributed by atoms with Crippen molar-refractivity contribution in [3.8, 4) is 0 Å². The number of benzene rings is 1. The SMILES string of the molecule is CC(C)(C)[C@@H](C(=O)N1C[C@H](O)C[C@H]1C(=O)NCC1=NS(=O)(=O)c2ccccc2N1)n1cc(C2CC2)nn1. The van der Waals surface area contributed by atoms with E-state index in [2.05, 4.69) is 25.3 Å². The lowest BCUT2D eigenvalue weighted by atomic mass is 9.85. The highest BCUT2D eigenvalue weighted by Crippen LogP contribution is 2.40. The lowest BCUT2D eigenvalue weighted by Crippen LogP contribution is -2.51. The Morgan fingerprint density at radius 3 is 2.68 bits per heavy atom. The molecule has 3 N–H and O–H groups in total. The number of amidine groups is 1. The van der Waals surface area contributed by atoms with Gasteiger partial charge in [-0.1, -0.05) is 38.1 Å². The third-order valence-electron chi connectivity index (χ3n) is 6.81. The summed E-state index contributed by atoms with van der Waals surface area (Å²) in [7, 11) is -3.90. The quantitative estimate of drug-likeness (QED) is 0.500. The summed E-state index contributed by atoms with van der Waals surface area (Å²) in [5.41, 5.74) is 0.694. The van der Waals surface area contributed by atoms with Gasteiger partial charge in [0.2, 0.25) is 11.8 Å². The Bertz CT molecular complexity index is 1360. The van der Waals surface area contributed by atoms with Gasteiger partial charge in [0, 0.05) is 25.1 Å². The number of carbonyl (C=O) groups is 2. The van der Waals surface area contributed by atoms with Crippen LogP contribution in [0.2, 0.25) is 0 Å². The van der Waals surface area contributed by atoms with E-state index in [0.717, 1.165) is 18.5 Å². The average molecular weight is 530 g/mol. The Balaban J connectivity index is 1.32. The van der Waals surface area contributed by atoms with Gasteiger partial charge in [0.05, 0.1) is 24.0 Å². The molecule has 37 heavy (non-hydrogen) atoms. The van der Waals surface area contributed by atoms with E-state index in [4.69, 9.17) is 0 Å². The molecule has 12 nitrogen and oxygen atoms in total. The van der Waals surface area contributed by atoms with Gasteiger partial charge in [-0.05, 0) is 30.4 Å². The van der Waals surface area contributed by atoms with Gasteiger partial charge in [0.1, 0.15) is 22.8 Å². The van der Waals surface area contributed by atoms with Crippen molar-refractivity contribution in [2.24, 2.45) is 9.81 Å². The minimum absolute atomic E-state index is 0.00856. The molecular weight excluding hydrogens is 498 g/mol. The number of β-amino-alcohol motifs (C(OH)–C–C–N with tert-alkyl or cyclic N) is 1. The molecular formula is C24H31N7O5S. The van der Waals surface area contributed by atoms with Gasteiger partial charge in [-0.25, -0.2) is 4.68 Å². The molecule has 1 aromatic heterocycles. The molecule has 2 aliphatic heterocycles. The number of fused-ring (bicyclic) bond motifs is 1. The molecule has 198 valence electrons. The zero-order valence-corrected chi connectivity index (χ0v) is 21.8. The first-order valence-corrected chi connectivity index (χ1v) is 13.8. The maximum atomic E-state index is 13.8. The summed E-state index contributed by atoms with van der Waals surface area (Å²) in [4.78, 5) is 28.4. The number of aromatic nitrogens is 3. The summed E-state index contributed by atoms with van der Waals surface area (Å²) in [6.07, 6.45) is 3.12. The van der Waals surface area contributed by atoms with Crippen LogP contribution in [-0.2, 0) is 19.6 Å². The van der Waals surface area contributed by atoms with Crippen molar-refractivity contribution in [1.29, 1.82) is 0 Å². The first-order valence-electron chi connectivity index (χ1n) is 12.3. The number of para-hydroxylation sites is 1. The van der Waals surface area contributed by atoms with Crippen molar-refractivity contribution in [3.05, 3.63) is 36.2 Å². The number of aliphatic hydroxyl groups is 1. The molecule has 0 bridgehead atoms. The minimum atomic E-state index is -3.90. The van der Waals surface area contributed by atoms with Gasteiger partial charge in [0.25, 0.3) is 10.0 Å². The molecule has 3 heterocycles. The molecule has 0 unspecified atom stereocenters. The molecule has 5 rings (SSSR count). The lowest BCUT2D eigenvalue weighted by Gasteiger charge is -2.34. The van der Waals surface area contributed by atoms with Gasteiger partial charge in [-0.15, -0.1) is 9.50 Å². The number of aliphatic hydroxyl groups excluding tert-OH is 1. The van der Waals surface area contributed by atoms with Gasteiger partial charge in [-0.3, -0.25) is 9.59 Å². The fourth-order valence-electron chi connectivity index (χ4n) is 4.86. The molecule has 1 saturated carbocycles. The first kappa shape index (κ1) is 25.3. The summed E-state index contributed by atoms with van der Waals surface area (Å²) in [6.45, 7) is 5.58. The van der Waals surface area contributed by atoms with E-state index in [1.165, 1.54) is 11.0 Å². The number of carbonyl (C=O) groups excluding carboxylic acids is 2. The van der Waals surface area contributed by atoms with E-state index in [0.29, 0.717) is 11.6 Å². The third-order valence-corrected chi connectivity index (χ3v) is 8.18. The standard InChI is InChI=1S/C24H31N7O5S/c1-24(2,3)21(31-13-17(27-29-31)14-8-9-14)23(34)30-12-15(32)10-18(30)22(33)25-11-20-26-16-6-4-5-7-19(16)37(35,36)28-20/h4-7,13-15,18,21,32H,8-12H2,1-3H3,(H,25,33)(H,26,28)/t15-,18+,21-/m1/s1. The molecule has 2 aromatic rings. The van der Waals surface area contributed by atoms with E-state index >= 15 is 0 Å². The summed E-state index contributed by atoms with van der Waals surface area (Å²) in [5, 5.41) is 24.5. The number of sulfonamides is 1. The van der Waals surface area contributed by atoms with Gasteiger partial charge in [0.15, 0.2) is 0 Å². The predicted octanol–water partition coefficient (Wildman–Crippen LogP) is 1.03. The maximum Gasteiger partial charge on any atom is 0.286 e. The highest BCUT2D eigenvalue weighted by atomic mass is 32.2. The van der Waals surface area contributed by atoms with Gasteiger partial charge >= 0.3 is 0 Å². The summed E-state index contributed by atoms with van der Waals surface area (Å²) in [6, 6.07) is 4.72. The second-order valence-electron chi connectivity index (χ2n) is 10.9. The van der Waals surface area contributed by atoms with Crippen LogP contribution >= 0.6 is 0 Å². The maximum absolute atomic E-state index is 13.8. The van der Waals surface area contributed by atoms with E-state index in [-0.39, 0.29) is 36.1 Å². The summed E-state index contributed by atoms with van der Waals surface area (Å²) >= 11 is 0. The van der Waals surface area contributed by atoms with E-state index < -0.39 is 39.5 Å². The Morgan fingerprint density at radius 1 is 1.24 bits per heavy atom. The first-order chi connectivity index (χ1) is 17.4. The van der Waals surface area contributed by atoms with Gasteiger partial charge < -0.3 is 20.6 Å². The van der Waals surface area contributed by atoms with Crippen LogP contribution in [-0.4, -0.2) is 76.3 Å². The molecule has 3 aliphatic rings. The number of nitrogens with one attached hydrogen (secondary N) is 2. The lowest BCUT2D eigenvalue weighted by molar-refractivity contribution is -0.144. The van der Waals surface area contributed by atoms with Crippen molar-refractivity contribution < 1.29 is 23.1 Å². The number of rotatable bonds is 6. The van der Waals surface area contributed by atoms with Crippen molar-refractivity contribution in [1.82, 2.24) is 25.2 Å². The Morgan fingerprint density at radius 2 is 1.97 bits per heavy atom. The largest absolute Gasteiger partial charge is 0.391 e. The van der Waals surface area contributed by atoms with E-state index in [9.17, 15) is 23.1 Å². The molecule has 1 saturated heterocycles. The Kier molecular flexibility index (Phi) is 6.31. The molecule has 1 aromatic carbocycles. The second kappa shape index (κ2) is 9.21. The fourth-order valence-corrected chi connectivity index (χ4v) is 6.00. The van der Waals surface area contributed by atoms with Crippen LogP contribution in [0.25, 0.3) is 0 Å². The fraction of sp³-hybridized carbons (Fsp3) is 0.542. The van der Waals surface area contributed by atoms with Crippen LogP contribution in [0.15, 0.2) is 39.8 Å². The van der Waals surface area contributed by atoms with Crippen LogP contribution in [0, 0.1) is 5.41 Å².